The summed E-state index contributed by atoms with van der Waals surface area (Å²) in [5.41, 5.74) is 0.604. The molecule has 2 unspecified atom stereocenters. The zero-order valence-electron chi connectivity index (χ0n) is 8.85. The molecule has 0 heterocycles. The molecule has 0 aromatic heterocycles. The number of hydrogen-bond donors (Lipinski definition) is 3. The lowest BCUT2D eigenvalue weighted by molar-refractivity contribution is -0.119. The van der Waals surface area contributed by atoms with E-state index in [1.807, 2.05) is 6.07 Å². The molecule has 4 nitrogen and oxygen atoms in total. The Balaban J connectivity index is 2.62. The normalized spacial score (nSPS) is 14.2. The second-order valence-corrected chi connectivity index (χ2v) is 4.42. The molecular weight excluding hydrogens is 274 g/mol. The van der Waals surface area contributed by atoms with Crippen LogP contribution < -0.4 is 5.32 Å². The van der Waals surface area contributed by atoms with Gasteiger partial charge in [-0.15, -0.1) is 0 Å². The fourth-order valence-corrected chi connectivity index (χ4v) is 1.69. The number of amides is 1. The first-order chi connectivity index (χ1) is 7.50. The molecule has 0 saturated heterocycles. The summed E-state index contributed by atoms with van der Waals surface area (Å²) in [7, 11) is 0. The minimum Gasteiger partial charge on any atom is -0.388 e. The molecule has 0 aliphatic carbocycles. The van der Waals surface area contributed by atoms with Crippen LogP contribution in [0, 0.1) is 0 Å². The van der Waals surface area contributed by atoms with E-state index in [4.69, 9.17) is 0 Å². The number of carbonyl (C=O) groups is 1. The van der Waals surface area contributed by atoms with E-state index in [1.54, 1.807) is 18.2 Å². The second-order valence-electron chi connectivity index (χ2n) is 3.50. The number of hydrogen-bond acceptors (Lipinski definition) is 3. The zero-order chi connectivity index (χ0) is 12.1. The van der Waals surface area contributed by atoms with Crippen LogP contribution in [0.5, 0.6) is 0 Å². The molecule has 0 aliphatic heterocycles. The number of rotatable bonds is 4. The molecule has 0 radical (unpaired) electrons. The van der Waals surface area contributed by atoms with Gasteiger partial charge in [-0.1, -0.05) is 28.1 Å². The molecule has 1 aromatic carbocycles. The van der Waals surface area contributed by atoms with Gasteiger partial charge in [0.15, 0.2) is 0 Å². The maximum absolute atomic E-state index is 10.7. The van der Waals surface area contributed by atoms with Crippen molar-refractivity contribution in [3.63, 3.8) is 0 Å². The monoisotopic (exact) mass is 287 g/mol. The first-order valence-corrected chi connectivity index (χ1v) is 5.66. The van der Waals surface area contributed by atoms with Crippen molar-refractivity contribution in [1.82, 2.24) is 5.32 Å². The lowest BCUT2D eigenvalue weighted by Gasteiger charge is -2.18. The zero-order valence-corrected chi connectivity index (χ0v) is 10.4. The van der Waals surface area contributed by atoms with Gasteiger partial charge in [0.25, 0.3) is 0 Å². The molecule has 1 amide bonds. The van der Waals surface area contributed by atoms with Crippen molar-refractivity contribution in [2.24, 2.45) is 0 Å². The average Bonchev–Trinajstić information content (AvgIpc) is 2.24. The summed E-state index contributed by atoms with van der Waals surface area (Å²) in [6.07, 6.45) is -2.03. The van der Waals surface area contributed by atoms with Crippen LogP contribution in [-0.4, -0.2) is 28.8 Å². The number of aliphatic hydroxyl groups excluding tert-OH is 2. The Bertz CT molecular complexity index is 370. The van der Waals surface area contributed by atoms with Crippen molar-refractivity contribution < 1.29 is 15.0 Å². The molecule has 0 bridgehead atoms. The minimum atomic E-state index is -1.02. The predicted octanol–water partition coefficient (Wildman–Crippen LogP) is 0.979. The highest BCUT2D eigenvalue weighted by Crippen LogP contribution is 2.20. The molecule has 0 fully saturated rings. The molecule has 3 N–H and O–H groups in total. The van der Waals surface area contributed by atoms with Crippen LogP contribution in [0.25, 0.3) is 0 Å². The third-order valence-corrected chi connectivity index (χ3v) is 2.61. The number of halogens is 1. The largest absolute Gasteiger partial charge is 0.388 e. The minimum absolute atomic E-state index is 0.0308. The van der Waals surface area contributed by atoms with Crippen LogP contribution in [0.1, 0.15) is 18.6 Å². The maximum atomic E-state index is 10.7. The molecule has 5 heteroatoms. The summed E-state index contributed by atoms with van der Waals surface area (Å²) in [6.45, 7) is 1.39. The summed E-state index contributed by atoms with van der Waals surface area (Å²) in [4.78, 5) is 10.7. The molecule has 1 aromatic rings. The van der Waals surface area contributed by atoms with E-state index in [2.05, 4.69) is 21.2 Å². The van der Waals surface area contributed by atoms with E-state index in [9.17, 15) is 15.0 Å². The Morgan fingerprint density at radius 3 is 2.75 bits per heavy atom. The summed E-state index contributed by atoms with van der Waals surface area (Å²) >= 11 is 3.28. The van der Waals surface area contributed by atoms with Crippen molar-refractivity contribution >= 4 is 21.8 Å². The van der Waals surface area contributed by atoms with E-state index in [0.29, 0.717) is 5.56 Å². The van der Waals surface area contributed by atoms with Gasteiger partial charge in [-0.05, 0) is 17.7 Å². The van der Waals surface area contributed by atoms with Crippen LogP contribution in [0.15, 0.2) is 28.7 Å². The van der Waals surface area contributed by atoms with E-state index >= 15 is 0 Å². The van der Waals surface area contributed by atoms with Crippen molar-refractivity contribution in [3.05, 3.63) is 34.3 Å². The lowest BCUT2D eigenvalue weighted by atomic mass is 10.0. The average molecular weight is 288 g/mol. The highest BCUT2D eigenvalue weighted by molar-refractivity contribution is 9.10. The topological polar surface area (TPSA) is 69.6 Å². The van der Waals surface area contributed by atoms with Gasteiger partial charge in [-0.3, -0.25) is 4.79 Å². The van der Waals surface area contributed by atoms with Crippen molar-refractivity contribution in [1.29, 1.82) is 0 Å². The van der Waals surface area contributed by atoms with E-state index in [-0.39, 0.29) is 12.5 Å². The molecule has 2 atom stereocenters. The second kappa shape index (κ2) is 5.98. The van der Waals surface area contributed by atoms with Crippen molar-refractivity contribution in [3.8, 4) is 0 Å². The molecule has 0 spiro atoms. The van der Waals surface area contributed by atoms with Gasteiger partial charge in [0.2, 0.25) is 5.91 Å². The van der Waals surface area contributed by atoms with Crippen LogP contribution in [0.4, 0.5) is 0 Å². The van der Waals surface area contributed by atoms with Gasteiger partial charge >= 0.3 is 0 Å². The molecule has 1 rings (SSSR count). The smallest absolute Gasteiger partial charge is 0.216 e. The van der Waals surface area contributed by atoms with Crippen LogP contribution in [0.3, 0.4) is 0 Å². The number of carbonyl (C=O) groups excluding carboxylic acids is 1. The Kier molecular flexibility index (Phi) is 4.92. The quantitative estimate of drug-likeness (QED) is 0.773. The fraction of sp³-hybridized carbons (Fsp3) is 0.364. The summed E-state index contributed by atoms with van der Waals surface area (Å²) in [5.74, 6) is -0.236. The molecule has 88 valence electrons. The van der Waals surface area contributed by atoms with Gasteiger partial charge in [0.1, 0.15) is 12.2 Å². The van der Waals surface area contributed by atoms with E-state index < -0.39 is 12.2 Å². The third-order valence-electron chi connectivity index (χ3n) is 2.11. The van der Waals surface area contributed by atoms with Gasteiger partial charge in [-0.25, -0.2) is 0 Å². The van der Waals surface area contributed by atoms with Crippen LogP contribution in [0.2, 0.25) is 0 Å². The van der Waals surface area contributed by atoms with Gasteiger partial charge in [0.05, 0.1) is 0 Å². The summed E-state index contributed by atoms with van der Waals surface area (Å²) in [5, 5.41) is 21.9. The van der Waals surface area contributed by atoms with Crippen molar-refractivity contribution in [2.75, 3.05) is 6.54 Å². The van der Waals surface area contributed by atoms with Gasteiger partial charge in [-0.2, -0.15) is 0 Å². The first-order valence-electron chi connectivity index (χ1n) is 4.86. The van der Waals surface area contributed by atoms with E-state index in [0.717, 1.165) is 4.47 Å². The van der Waals surface area contributed by atoms with Crippen LogP contribution in [-0.2, 0) is 4.79 Å². The van der Waals surface area contributed by atoms with Crippen LogP contribution >= 0.6 is 15.9 Å². The first kappa shape index (κ1) is 13.2. The SMILES string of the molecule is CC(=O)NCC(O)C(O)c1cccc(Br)c1. The van der Waals surface area contributed by atoms with Gasteiger partial charge < -0.3 is 15.5 Å². The highest BCUT2D eigenvalue weighted by Gasteiger charge is 2.18. The summed E-state index contributed by atoms with van der Waals surface area (Å²) < 4.78 is 0.829. The number of nitrogens with one attached hydrogen (secondary N) is 1. The number of aliphatic hydroxyl groups is 2. The summed E-state index contributed by atoms with van der Waals surface area (Å²) in [6, 6.07) is 7.04. The Labute approximate surface area is 102 Å². The molecule has 16 heavy (non-hydrogen) atoms. The number of benzene rings is 1. The lowest BCUT2D eigenvalue weighted by Crippen LogP contribution is -2.34. The molecule has 0 saturated carbocycles. The standard InChI is InChI=1S/C11H14BrNO3/c1-7(14)13-6-10(15)11(16)8-3-2-4-9(12)5-8/h2-5,10-11,15-16H,6H2,1H3,(H,13,14). The Morgan fingerprint density at radius 2 is 2.19 bits per heavy atom. The molecular formula is C11H14BrNO3. The Hall–Kier alpha value is -0.910. The Morgan fingerprint density at radius 1 is 1.50 bits per heavy atom. The van der Waals surface area contributed by atoms with E-state index in [1.165, 1.54) is 6.92 Å². The highest BCUT2D eigenvalue weighted by atomic mass is 79.9. The fourth-order valence-electron chi connectivity index (χ4n) is 1.27. The van der Waals surface area contributed by atoms with Gasteiger partial charge in [0, 0.05) is 17.9 Å². The maximum Gasteiger partial charge on any atom is 0.216 e. The van der Waals surface area contributed by atoms with Crippen molar-refractivity contribution in [2.45, 2.75) is 19.1 Å². The predicted molar refractivity (Wildman–Crippen MR) is 63.8 cm³/mol. The molecule has 0 aliphatic rings. The third kappa shape index (κ3) is 3.92.